The van der Waals surface area contributed by atoms with Gasteiger partial charge in [-0.2, -0.15) is 16.3 Å². The van der Waals surface area contributed by atoms with Crippen molar-refractivity contribution in [1.82, 2.24) is 15.2 Å². The normalized spacial score (nSPS) is 20.3. The molecule has 0 aliphatic carbocycles. The van der Waals surface area contributed by atoms with E-state index < -0.39 is 0 Å². The van der Waals surface area contributed by atoms with E-state index in [4.69, 9.17) is 5.73 Å². The number of thiophene rings is 1. The standard InChI is InChI=1S/C12H17N5S/c1-8-6-18-7-10(8)11-14-12(16-15-11)17-4-2-3-9(13)5-17/h6-7,9H,2-5,13H2,1H3,(H,14,15,16). The van der Waals surface area contributed by atoms with Crippen LogP contribution in [0.15, 0.2) is 10.8 Å². The van der Waals surface area contributed by atoms with E-state index in [1.807, 2.05) is 0 Å². The highest BCUT2D eigenvalue weighted by Gasteiger charge is 2.20. The molecule has 0 spiro atoms. The van der Waals surface area contributed by atoms with Gasteiger partial charge in [-0.3, -0.25) is 5.10 Å². The zero-order chi connectivity index (χ0) is 12.5. The Bertz CT molecular complexity index is 532. The number of aromatic amines is 1. The Morgan fingerprint density at radius 2 is 2.39 bits per heavy atom. The van der Waals surface area contributed by atoms with Gasteiger partial charge in [-0.15, -0.1) is 5.10 Å². The highest BCUT2D eigenvalue weighted by Crippen LogP contribution is 2.25. The predicted octanol–water partition coefficient (Wildman–Crippen LogP) is 1.77. The number of H-pyrrole nitrogens is 1. The summed E-state index contributed by atoms with van der Waals surface area (Å²) in [6.45, 7) is 3.93. The number of aromatic nitrogens is 3. The lowest BCUT2D eigenvalue weighted by Gasteiger charge is -2.29. The lowest BCUT2D eigenvalue weighted by Crippen LogP contribution is -2.43. The molecular weight excluding hydrogens is 246 g/mol. The first-order valence-electron chi connectivity index (χ1n) is 6.20. The predicted molar refractivity (Wildman–Crippen MR) is 73.9 cm³/mol. The van der Waals surface area contributed by atoms with E-state index in [2.05, 4.69) is 37.8 Å². The molecule has 3 heterocycles. The summed E-state index contributed by atoms with van der Waals surface area (Å²) in [6.07, 6.45) is 2.21. The van der Waals surface area contributed by atoms with Crippen molar-refractivity contribution in [3.8, 4) is 11.4 Å². The van der Waals surface area contributed by atoms with Crippen LogP contribution in [-0.2, 0) is 0 Å². The third kappa shape index (κ3) is 2.13. The van der Waals surface area contributed by atoms with Crippen LogP contribution < -0.4 is 10.6 Å². The van der Waals surface area contributed by atoms with Crippen molar-refractivity contribution in [3.05, 3.63) is 16.3 Å². The van der Waals surface area contributed by atoms with Gasteiger partial charge < -0.3 is 10.6 Å². The van der Waals surface area contributed by atoms with Crippen LogP contribution in [0.25, 0.3) is 11.4 Å². The molecule has 3 rings (SSSR count). The molecule has 0 radical (unpaired) electrons. The molecule has 1 fully saturated rings. The Labute approximate surface area is 110 Å². The lowest BCUT2D eigenvalue weighted by atomic mass is 10.1. The van der Waals surface area contributed by atoms with Crippen molar-refractivity contribution < 1.29 is 0 Å². The minimum absolute atomic E-state index is 0.239. The van der Waals surface area contributed by atoms with E-state index in [0.717, 1.165) is 43.3 Å². The van der Waals surface area contributed by atoms with E-state index >= 15 is 0 Å². The molecule has 18 heavy (non-hydrogen) atoms. The first kappa shape index (κ1) is 11.7. The van der Waals surface area contributed by atoms with Crippen molar-refractivity contribution in [2.75, 3.05) is 18.0 Å². The number of nitrogens with one attached hydrogen (secondary N) is 1. The fourth-order valence-corrected chi connectivity index (χ4v) is 3.14. The zero-order valence-electron chi connectivity index (χ0n) is 10.4. The molecular formula is C12H17N5S. The average Bonchev–Trinajstić information content (AvgIpc) is 2.97. The second-order valence-electron chi connectivity index (χ2n) is 4.80. The number of nitrogens with two attached hydrogens (primary N) is 1. The molecule has 0 saturated carbocycles. The molecule has 0 aromatic carbocycles. The summed E-state index contributed by atoms with van der Waals surface area (Å²) in [5.41, 5.74) is 8.36. The molecule has 2 aromatic rings. The molecule has 1 saturated heterocycles. The molecule has 3 N–H and O–H groups in total. The number of piperidine rings is 1. The highest BCUT2D eigenvalue weighted by atomic mass is 32.1. The largest absolute Gasteiger partial charge is 0.338 e. The van der Waals surface area contributed by atoms with Crippen molar-refractivity contribution in [2.24, 2.45) is 5.73 Å². The fraction of sp³-hybridized carbons (Fsp3) is 0.500. The Morgan fingerprint density at radius 3 is 3.11 bits per heavy atom. The van der Waals surface area contributed by atoms with Gasteiger partial charge in [0.25, 0.3) is 0 Å². The second kappa shape index (κ2) is 4.70. The van der Waals surface area contributed by atoms with E-state index in [1.54, 1.807) is 11.3 Å². The van der Waals surface area contributed by atoms with Crippen LogP contribution in [0, 0.1) is 6.92 Å². The van der Waals surface area contributed by atoms with Crippen LogP contribution in [0.2, 0.25) is 0 Å². The topological polar surface area (TPSA) is 70.8 Å². The summed E-state index contributed by atoms with van der Waals surface area (Å²) in [4.78, 5) is 6.74. The van der Waals surface area contributed by atoms with E-state index in [9.17, 15) is 0 Å². The van der Waals surface area contributed by atoms with Gasteiger partial charge in [0, 0.05) is 30.1 Å². The molecule has 0 amide bonds. The second-order valence-corrected chi connectivity index (χ2v) is 5.54. The number of aryl methyl sites for hydroxylation is 1. The Balaban J connectivity index is 1.83. The van der Waals surface area contributed by atoms with Gasteiger partial charge in [0.2, 0.25) is 5.95 Å². The van der Waals surface area contributed by atoms with Gasteiger partial charge in [0.05, 0.1) is 0 Å². The Kier molecular flexibility index (Phi) is 3.05. The number of anilines is 1. The monoisotopic (exact) mass is 263 g/mol. The quantitative estimate of drug-likeness (QED) is 0.866. The first-order valence-corrected chi connectivity index (χ1v) is 7.14. The van der Waals surface area contributed by atoms with E-state index in [0.29, 0.717) is 0 Å². The zero-order valence-corrected chi connectivity index (χ0v) is 11.2. The average molecular weight is 263 g/mol. The van der Waals surface area contributed by atoms with E-state index in [1.165, 1.54) is 5.56 Å². The highest BCUT2D eigenvalue weighted by molar-refractivity contribution is 7.08. The molecule has 0 bridgehead atoms. The summed E-state index contributed by atoms with van der Waals surface area (Å²) >= 11 is 1.68. The maximum Gasteiger partial charge on any atom is 0.245 e. The summed E-state index contributed by atoms with van der Waals surface area (Å²) < 4.78 is 0. The molecule has 5 nitrogen and oxygen atoms in total. The molecule has 1 atom stereocenters. The van der Waals surface area contributed by atoms with Crippen molar-refractivity contribution >= 4 is 17.3 Å². The third-order valence-electron chi connectivity index (χ3n) is 3.32. The van der Waals surface area contributed by atoms with Crippen LogP contribution in [0.3, 0.4) is 0 Å². The summed E-state index contributed by atoms with van der Waals surface area (Å²) in [5.74, 6) is 1.62. The lowest BCUT2D eigenvalue weighted by molar-refractivity contribution is 0.500. The Hall–Kier alpha value is -1.40. The summed E-state index contributed by atoms with van der Waals surface area (Å²) in [7, 11) is 0. The van der Waals surface area contributed by atoms with Gasteiger partial charge in [0.15, 0.2) is 5.82 Å². The number of hydrogen-bond donors (Lipinski definition) is 2. The van der Waals surface area contributed by atoms with Crippen molar-refractivity contribution in [1.29, 1.82) is 0 Å². The molecule has 1 aliphatic rings. The van der Waals surface area contributed by atoms with Gasteiger partial charge in [-0.25, -0.2) is 0 Å². The van der Waals surface area contributed by atoms with Gasteiger partial charge in [-0.05, 0) is 30.7 Å². The van der Waals surface area contributed by atoms with Crippen LogP contribution in [0.1, 0.15) is 18.4 Å². The maximum atomic E-state index is 5.98. The smallest absolute Gasteiger partial charge is 0.245 e. The fourth-order valence-electron chi connectivity index (χ4n) is 2.31. The first-order chi connectivity index (χ1) is 8.74. The SMILES string of the molecule is Cc1cscc1-c1nc(N2CCCC(N)C2)n[nH]1. The maximum absolute atomic E-state index is 5.98. The minimum Gasteiger partial charge on any atom is -0.338 e. The minimum atomic E-state index is 0.239. The van der Waals surface area contributed by atoms with Gasteiger partial charge in [-0.1, -0.05) is 0 Å². The number of hydrogen-bond acceptors (Lipinski definition) is 5. The molecule has 2 aromatic heterocycles. The van der Waals surface area contributed by atoms with Crippen molar-refractivity contribution in [2.45, 2.75) is 25.8 Å². The summed E-state index contributed by atoms with van der Waals surface area (Å²) in [6, 6.07) is 0.239. The van der Waals surface area contributed by atoms with Gasteiger partial charge >= 0.3 is 0 Å². The molecule has 1 unspecified atom stereocenters. The van der Waals surface area contributed by atoms with E-state index in [-0.39, 0.29) is 6.04 Å². The molecule has 6 heteroatoms. The Morgan fingerprint density at radius 1 is 1.50 bits per heavy atom. The number of rotatable bonds is 2. The number of nitrogens with zero attached hydrogens (tertiary/aromatic N) is 3. The van der Waals surface area contributed by atoms with Crippen LogP contribution in [0.4, 0.5) is 5.95 Å². The summed E-state index contributed by atoms with van der Waals surface area (Å²) in [5, 5.41) is 11.6. The van der Waals surface area contributed by atoms with Crippen LogP contribution >= 0.6 is 11.3 Å². The molecule has 1 aliphatic heterocycles. The third-order valence-corrected chi connectivity index (χ3v) is 4.19. The van der Waals surface area contributed by atoms with Gasteiger partial charge in [0.1, 0.15) is 0 Å². The van der Waals surface area contributed by atoms with Crippen LogP contribution in [0.5, 0.6) is 0 Å². The van der Waals surface area contributed by atoms with Crippen LogP contribution in [-0.4, -0.2) is 34.3 Å². The molecule has 96 valence electrons. The van der Waals surface area contributed by atoms with Crippen molar-refractivity contribution in [3.63, 3.8) is 0 Å².